The molecular formula is C17H17ClO5S. The van der Waals surface area contributed by atoms with E-state index >= 15 is 0 Å². The number of ketones is 1. The molecule has 24 heavy (non-hydrogen) atoms. The minimum Gasteiger partial charge on any atom is -0.493 e. The second kappa shape index (κ2) is 8.17. The van der Waals surface area contributed by atoms with Gasteiger partial charge in [0.2, 0.25) is 5.78 Å². The Morgan fingerprint density at radius 3 is 2.50 bits per heavy atom. The molecule has 0 amide bonds. The molecule has 0 saturated carbocycles. The molecule has 0 saturated heterocycles. The number of ether oxygens (including phenoxy) is 3. The van der Waals surface area contributed by atoms with Crippen molar-refractivity contribution in [2.75, 3.05) is 13.7 Å². The van der Waals surface area contributed by atoms with Gasteiger partial charge in [0.25, 0.3) is 0 Å². The third-order valence-electron chi connectivity index (χ3n) is 2.94. The Labute approximate surface area is 149 Å². The standard InChI is InChI=1S/C17H17ClO5S/c1-10(2)23-13-5-4-11(8-14(13)21-3)17(20)22-9-12(19)15-6-7-16(18)24-15/h4-8,10H,9H2,1-3H3. The van der Waals surface area contributed by atoms with Gasteiger partial charge in [-0.05, 0) is 44.2 Å². The van der Waals surface area contributed by atoms with E-state index in [2.05, 4.69) is 0 Å². The van der Waals surface area contributed by atoms with Crippen molar-refractivity contribution in [3.8, 4) is 11.5 Å². The Balaban J connectivity index is 2.03. The molecule has 0 atom stereocenters. The minimum atomic E-state index is -0.611. The molecule has 0 fully saturated rings. The molecule has 0 bridgehead atoms. The van der Waals surface area contributed by atoms with Crippen LogP contribution in [0.3, 0.4) is 0 Å². The van der Waals surface area contributed by atoms with Gasteiger partial charge >= 0.3 is 5.97 Å². The second-order valence-corrected chi connectivity index (χ2v) is 6.85. The summed E-state index contributed by atoms with van der Waals surface area (Å²) in [5, 5.41) is 0. The van der Waals surface area contributed by atoms with Gasteiger partial charge in [0, 0.05) is 0 Å². The van der Waals surface area contributed by atoms with E-state index in [1.54, 1.807) is 24.3 Å². The molecule has 0 N–H and O–H groups in total. The first kappa shape index (κ1) is 18.3. The molecule has 1 heterocycles. The lowest BCUT2D eigenvalue weighted by atomic mass is 10.2. The zero-order chi connectivity index (χ0) is 17.7. The summed E-state index contributed by atoms with van der Waals surface area (Å²) in [5.41, 5.74) is 0.278. The summed E-state index contributed by atoms with van der Waals surface area (Å²) in [6.45, 7) is 3.44. The first-order valence-electron chi connectivity index (χ1n) is 7.21. The molecule has 0 aliphatic heterocycles. The van der Waals surface area contributed by atoms with Crippen LogP contribution >= 0.6 is 22.9 Å². The lowest BCUT2D eigenvalue weighted by Gasteiger charge is -2.14. The van der Waals surface area contributed by atoms with Crippen LogP contribution in [0.4, 0.5) is 0 Å². The number of carbonyl (C=O) groups excluding carboxylic acids is 2. The number of esters is 1. The van der Waals surface area contributed by atoms with E-state index in [0.29, 0.717) is 20.7 Å². The number of hydrogen-bond acceptors (Lipinski definition) is 6. The molecule has 0 spiro atoms. The number of hydrogen-bond donors (Lipinski definition) is 0. The van der Waals surface area contributed by atoms with Crippen LogP contribution in [0.1, 0.15) is 33.9 Å². The molecule has 0 aliphatic carbocycles. The van der Waals surface area contributed by atoms with Crippen LogP contribution in [0.2, 0.25) is 4.34 Å². The van der Waals surface area contributed by atoms with Crippen LogP contribution in [0.15, 0.2) is 30.3 Å². The van der Waals surface area contributed by atoms with Crippen LogP contribution < -0.4 is 9.47 Å². The highest BCUT2D eigenvalue weighted by molar-refractivity contribution is 7.18. The van der Waals surface area contributed by atoms with E-state index < -0.39 is 5.97 Å². The van der Waals surface area contributed by atoms with Gasteiger partial charge in [-0.15, -0.1) is 11.3 Å². The van der Waals surface area contributed by atoms with E-state index in [9.17, 15) is 9.59 Å². The number of thiophene rings is 1. The fourth-order valence-electron chi connectivity index (χ4n) is 1.90. The number of Topliss-reactive ketones (excluding diaryl/α,β-unsaturated/α-hetero) is 1. The fraction of sp³-hybridized carbons (Fsp3) is 0.294. The Morgan fingerprint density at radius 1 is 1.17 bits per heavy atom. The SMILES string of the molecule is COc1cc(C(=O)OCC(=O)c2ccc(Cl)s2)ccc1OC(C)C. The lowest BCUT2D eigenvalue weighted by Crippen LogP contribution is -2.14. The van der Waals surface area contributed by atoms with Crippen molar-refractivity contribution in [2.45, 2.75) is 20.0 Å². The Hall–Kier alpha value is -2.05. The van der Waals surface area contributed by atoms with Crippen LogP contribution in [-0.2, 0) is 4.74 Å². The van der Waals surface area contributed by atoms with Crippen LogP contribution in [0.25, 0.3) is 0 Å². The Kier molecular flexibility index (Phi) is 6.23. The molecule has 0 unspecified atom stereocenters. The first-order chi connectivity index (χ1) is 11.4. The average Bonchev–Trinajstić information content (AvgIpc) is 2.98. The highest BCUT2D eigenvalue weighted by Gasteiger charge is 2.16. The molecule has 1 aromatic heterocycles. The molecule has 0 radical (unpaired) electrons. The van der Waals surface area contributed by atoms with Crippen LogP contribution in [0, 0.1) is 0 Å². The zero-order valence-electron chi connectivity index (χ0n) is 13.5. The van der Waals surface area contributed by atoms with E-state index in [0.717, 1.165) is 11.3 Å². The second-order valence-electron chi connectivity index (χ2n) is 5.14. The van der Waals surface area contributed by atoms with Crippen molar-refractivity contribution in [2.24, 2.45) is 0 Å². The topological polar surface area (TPSA) is 61.8 Å². The van der Waals surface area contributed by atoms with E-state index in [4.69, 9.17) is 25.8 Å². The van der Waals surface area contributed by atoms with Crippen molar-refractivity contribution in [3.05, 3.63) is 45.1 Å². The zero-order valence-corrected chi connectivity index (χ0v) is 15.1. The molecule has 1 aromatic carbocycles. The smallest absolute Gasteiger partial charge is 0.338 e. The summed E-state index contributed by atoms with van der Waals surface area (Å²) in [4.78, 5) is 24.5. The van der Waals surface area contributed by atoms with E-state index in [1.807, 2.05) is 13.8 Å². The largest absolute Gasteiger partial charge is 0.493 e. The van der Waals surface area contributed by atoms with Crippen LogP contribution in [-0.4, -0.2) is 31.6 Å². The molecule has 0 aliphatic rings. The fourth-order valence-corrected chi connectivity index (χ4v) is 2.86. The maximum Gasteiger partial charge on any atom is 0.338 e. The molecule has 7 heteroatoms. The molecule has 2 aromatic rings. The van der Waals surface area contributed by atoms with Gasteiger partial charge in [0.15, 0.2) is 18.1 Å². The van der Waals surface area contributed by atoms with Crippen LogP contribution in [0.5, 0.6) is 11.5 Å². The summed E-state index contributed by atoms with van der Waals surface area (Å²) in [6.07, 6.45) is -0.0213. The normalized spacial score (nSPS) is 10.5. The van der Waals surface area contributed by atoms with Crippen molar-refractivity contribution in [1.82, 2.24) is 0 Å². The van der Waals surface area contributed by atoms with Gasteiger partial charge in [0.05, 0.1) is 28.0 Å². The third kappa shape index (κ3) is 4.72. The van der Waals surface area contributed by atoms with Crippen molar-refractivity contribution < 1.29 is 23.8 Å². The van der Waals surface area contributed by atoms with Crippen molar-refractivity contribution in [3.63, 3.8) is 0 Å². The monoisotopic (exact) mass is 368 g/mol. The number of rotatable bonds is 7. The van der Waals surface area contributed by atoms with E-state index in [-0.39, 0.29) is 24.1 Å². The Bertz CT molecular complexity index is 738. The lowest BCUT2D eigenvalue weighted by molar-refractivity contribution is 0.0475. The highest BCUT2D eigenvalue weighted by atomic mass is 35.5. The van der Waals surface area contributed by atoms with Gasteiger partial charge in [-0.25, -0.2) is 4.79 Å². The summed E-state index contributed by atoms with van der Waals surface area (Å²) in [7, 11) is 1.49. The van der Waals surface area contributed by atoms with Crippen molar-refractivity contribution in [1.29, 1.82) is 0 Å². The number of methoxy groups -OCH3 is 1. The van der Waals surface area contributed by atoms with Gasteiger partial charge in [-0.3, -0.25) is 4.79 Å². The molecule has 2 rings (SSSR count). The number of halogens is 1. The number of benzene rings is 1. The number of carbonyl (C=O) groups is 2. The summed E-state index contributed by atoms with van der Waals surface area (Å²) >= 11 is 6.93. The predicted molar refractivity (Wildman–Crippen MR) is 92.7 cm³/mol. The molecule has 128 valence electrons. The highest BCUT2D eigenvalue weighted by Crippen LogP contribution is 2.29. The molecule has 5 nitrogen and oxygen atoms in total. The predicted octanol–water partition coefficient (Wildman–Crippen LogP) is 4.24. The van der Waals surface area contributed by atoms with Gasteiger partial charge < -0.3 is 14.2 Å². The third-order valence-corrected chi connectivity index (χ3v) is 4.22. The summed E-state index contributed by atoms with van der Waals surface area (Å²) in [5.74, 6) is 0.0512. The van der Waals surface area contributed by atoms with Crippen molar-refractivity contribution >= 4 is 34.7 Å². The Morgan fingerprint density at radius 2 is 1.92 bits per heavy atom. The summed E-state index contributed by atoms with van der Waals surface area (Å²) in [6, 6.07) is 7.95. The van der Waals surface area contributed by atoms with Gasteiger partial charge in [-0.2, -0.15) is 0 Å². The maximum atomic E-state index is 12.1. The first-order valence-corrected chi connectivity index (χ1v) is 8.40. The van der Waals surface area contributed by atoms with E-state index in [1.165, 1.54) is 13.2 Å². The maximum absolute atomic E-state index is 12.1. The average molecular weight is 369 g/mol. The van der Waals surface area contributed by atoms with Gasteiger partial charge in [0.1, 0.15) is 0 Å². The minimum absolute atomic E-state index is 0.0213. The summed E-state index contributed by atoms with van der Waals surface area (Å²) < 4.78 is 16.4. The van der Waals surface area contributed by atoms with Gasteiger partial charge in [-0.1, -0.05) is 11.6 Å². The quantitative estimate of drug-likeness (QED) is 0.540. The molecular weight excluding hydrogens is 352 g/mol.